The van der Waals surface area contributed by atoms with Crippen molar-refractivity contribution in [3.05, 3.63) is 28.8 Å². The molecule has 1 rings (SSSR count). The number of nitrogens with two attached hydrogens (primary N) is 1. The van der Waals surface area contributed by atoms with E-state index in [0.717, 1.165) is 6.26 Å². The van der Waals surface area contributed by atoms with Crippen LogP contribution in [0.15, 0.2) is 18.2 Å². The summed E-state index contributed by atoms with van der Waals surface area (Å²) < 4.78 is 22.0. The average molecular weight is 301 g/mol. The van der Waals surface area contributed by atoms with Crippen molar-refractivity contribution in [2.24, 2.45) is 5.73 Å². The summed E-state index contributed by atoms with van der Waals surface area (Å²) in [5, 5.41) is 2.90. The summed E-state index contributed by atoms with van der Waals surface area (Å²) in [6.07, 6.45) is 0.993. The first-order valence-corrected chi connectivity index (χ1v) is 7.72. The van der Waals surface area contributed by atoms with Crippen molar-refractivity contribution in [3.63, 3.8) is 0 Å². The predicted octanol–water partition coefficient (Wildman–Crippen LogP) is 0.633. The molecule has 0 bridgehead atoms. The van der Waals surface area contributed by atoms with E-state index in [1.165, 1.54) is 0 Å². The van der Waals surface area contributed by atoms with Gasteiger partial charge in [0, 0.05) is 17.5 Å². The number of amides is 1. The normalized spacial score (nSPS) is 10.5. The van der Waals surface area contributed by atoms with Crippen molar-refractivity contribution in [2.45, 2.75) is 0 Å². The highest BCUT2D eigenvalue weighted by Gasteiger charge is 2.11. The molecule has 1 amide bonds. The third-order valence-electron chi connectivity index (χ3n) is 1.97. The van der Waals surface area contributed by atoms with E-state index in [1.807, 2.05) is 0 Å². The highest BCUT2D eigenvalue weighted by atomic mass is 35.5. The zero-order valence-corrected chi connectivity index (χ0v) is 11.8. The maximum absolute atomic E-state index is 11.5. The van der Waals surface area contributed by atoms with Crippen molar-refractivity contribution >= 4 is 33.0 Å². The molecule has 0 radical (unpaired) electrons. The molecule has 102 valence electrons. The summed E-state index contributed by atoms with van der Waals surface area (Å²) in [6.45, 7) is 0.195. The molecule has 3 N–H and O–H groups in total. The number of nitrogens with one attached hydrogen (secondary N) is 1. The first-order chi connectivity index (χ1) is 8.81. The molecule has 19 heavy (non-hydrogen) atoms. The number of rotatable bonds is 3. The topological polar surface area (TPSA) is 89.3 Å². The van der Waals surface area contributed by atoms with Crippen LogP contribution in [-0.2, 0) is 14.6 Å². The Kier molecular flexibility index (Phi) is 5.36. The first-order valence-electron chi connectivity index (χ1n) is 5.28. The summed E-state index contributed by atoms with van der Waals surface area (Å²) in [6, 6.07) is 4.69. The van der Waals surface area contributed by atoms with E-state index >= 15 is 0 Å². The molecule has 0 aliphatic carbocycles. The maximum Gasteiger partial charge on any atom is 0.239 e. The van der Waals surface area contributed by atoms with E-state index in [-0.39, 0.29) is 6.54 Å². The summed E-state index contributed by atoms with van der Waals surface area (Å²) in [5.74, 6) is 4.23. The minimum atomic E-state index is -3.36. The molecule has 0 spiro atoms. The van der Waals surface area contributed by atoms with Crippen molar-refractivity contribution in [1.82, 2.24) is 0 Å². The van der Waals surface area contributed by atoms with Gasteiger partial charge in [-0.25, -0.2) is 8.42 Å². The number of halogens is 1. The minimum Gasteiger partial charge on any atom is -0.325 e. The second-order valence-corrected chi connectivity index (χ2v) is 6.37. The SMILES string of the molecule is CS(=O)(=O)CC(=O)Nc1ccc(Cl)c(C#CCN)c1. The van der Waals surface area contributed by atoms with Crippen LogP contribution in [-0.4, -0.2) is 32.9 Å². The molecule has 1 aromatic rings. The molecular formula is C12H13ClN2O3S. The average Bonchev–Trinajstić information content (AvgIpc) is 2.27. The standard InChI is InChI=1S/C12H13ClN2O3S/c1-19(17,18)8-12(16)15-10-4-5-11(13)9(7-10)3-2-6-14/h4-5,7H,6,8,14H2,1H3,(H,15,16). The van der Waals surface area contributed by atoms with Gasteiger partial charge in [-0.2, -0.15) is 0 Å². The van der Waals surface area contributed by atoms with Crippen LogP contribution < -0.4 is 11.1 Å². The predicted molar refractivity (Wildman–Crippen MR) is 75.7 cm³/mol. The third kappa shape index (κ3) is 5.75. The molecule has 0 aromatic heterocycles. The highest BCUT2D eigenvalue weighted by Crippen LogP contribution is 2.19. The number of anilines is 1. The van der Waals surface area contributed by atoms with E-state index in [1.54, 1.807) is 18.2 Å². The van der Waals surface area contributed by atoms with Gasteiger partial charge in [-0.15, -0.1) is 0 Å². The Balaban J connectivity index is 2.88. The Morgan fingerprint density at radius 1 is 1.47 bits per heavy atom. The summed E-state index contributed by atoms with van der Waals surface area (Å²) >= 11 is 5.92. The van der Waals surface area contributed by atoms with Gasteiger partial charge in [0.05, 0.1) is 11.6 Å². The quantitative estimate of drug-likeness (QED) is 0.801. The minimum absolute atomic E-state index is 0.195. The molecular weight excluding hydrogens is 288 g/mol. The van der Waals surface area contributed by atoms with Gasteiger partial charge >= 0.3 is 0 Å². The first kappa shape index (κ1) is 15.5. The number of benzene rings is 1. The van der Waals surface area contributed by atoms with Crippen LogP contribution in [0.25, 0.3) is 0 Å². The Bertz CT molecular complexity index is 645. The van der Waals surface area contributed by atoms with Gasteiger partial charge in [0.25, 0.3) is 0 Å². The van der Waals surface area contributed by atoms with Crippen LogP contribution >= 0.6 is 11.6 Å². The van der Waals surface area contributed by atoms with E-state index < -0.39 is 21.5 Å². The molecule has 0 heterocycles. The Morgan fingerprint density at radius 2 is 2.16 bits per heavy atom. The van der Waals surface area contributed by atoms with Gasteiger partial charge in [-0.3, -0.25) is 4.79 Å². The fourth-order valence-corrected chi connectivity index (χ4v) is 1.99. The maximum atomic E-state index is 11.5. The van der Waals surface area contributed by atoms with Crippen molar-refractivity contribution in [3.8, 4) is 11.8 Å². The molecule has 0 aliphatic rings. The van der Waals surface area contributed by atoms with Crippen molar-refractivity contribution in [1.29, 1.82) is 0 Å². The number of hydrogen-bond donors (Lipinski definition) is 2. The van der Waals surface area contributed by atoms with Crippen molar-refractivity contribution < 1.29 is 13.2 Å². The molecule has 0 saturated heterocycles. The molecule has 0 aliphatic heterocycles. The van der Waals surface area contributed by atoms with Gasteiger partial charge in [0.2, 0.25) is 5.91 Å². The summed E-state index contributed by atoms with van der Waals surface area (Å²) in [5.41, 5.74) is 6.21. The lowest BCUT2D eigenvalue weighted by atomic mass is 10.2. The highest BCUT2D eigenvalue weighted by molar-refractivity contribution is 7.91. The smallest absolute Gasteiger partial charge is 0.239 e. The van der Waals surface area contributed by atoms with Gasteiger partial charge in [-0.05, 0) is 18.2 Å². The Morgan fingerprint density at radius 3 is 2.74 bits per heavy atom. The molecule has 0 atom stereocenters. The van der Waals surface area contributed by atoms with Gasteiger partial charge in [-0.1, -0.05) is 23.4 Å². The monoisotopic (exact) mass is 300 g/mol. The van der Waals surface area contributed by atoms with Crippen LogP contribution in [0.5, 0.6) is 0 Å². The summed E-state index contributed by atoms with van der Waals surface area (Å²) in [7, 11) is -3.36. The van der Waals surface area contributed by atoms with E-state index in [4.69, 9.17) is 17.3 Å². The van der Waals surface area contributed by atoms with Crippen LogP contribution in [0.2, 0.25) is 5.02 Å². The van der Waals surface area contributed by atoms with Gasteiger partial charge < -0.3 is 11.1 Å². The number of sulfone groups is 1. The van der Waals surface area contributed by atoms with E-state index in [9.17, 15) is 13.2 Å². The number of carbonyl (C=O) groups is 1. The number of carbonyl (C=O) groups excluding carboxylic acids is 1. The molecule has 0 unspecified atom stereocenters. The van der Waals surface area contributed by atoms with E-state index in [2.05, 4.69) is 17.2 Å². The fraction of sp³-hybridized carbons (Fsp3) is 0.250. The second-order valence-electron chi connectivity index (χ2n) is 3.82. The van der Waals surface area contributed by atoms with Gasteiger partial charge in [0.1, 0.15) is 5.75 Å². The lowest BCUT2D eigenvalue weighted by Crippen LogP contribution is -2.21. The Hall–Kier alpha value is -1.55. The van der Waals surface area contributed by atoms with Crippen LogP contribution in [0.4, 0.5) is 5.69 Å². The Labute approximate surface area is 117 Å². The third-order valence-corrected chi connectivity index (χ3v) is 3.08. The second kappa shape index (κ2) is 6.57. The molecule has 1 aromatic carbocycles. The molecule has 5 nitrogen and oxygen atoms in total. The summed E-state index contributed by atoms with van der Waals surface area (Å²) in [4.78, 5) is 11.5. The van der Waals surface area contributed by atoms with Crippen LogP contribution in [0.3, 0.4) is 0 Å². The number of hydrogen-bond acceptors (Lipinski definition) is 4. The van der Waals surface area contributed by atoms with Crippen LogP contribution in [0, 0.1) is 11.8 Å². The molecule has 7 heteroatoms. The van der Waals surface area contributed by atoms with Crippen molar-refractivity contribution in [2.75, 3.05) is 23.9 Å². The lowest BCUT2D eigenvalue weighted by molar-refractivity contribution is -0.113. The molecule has 0 fully saturated rings. The fourth-order valence-electron chi connectivity index (χ4n) is 1.28. The largest absolute Gasteiger partial charge is 0.325 e. The zero-order chi connectivity index (χ0) is 14.5. The van der Waals surface area contributed by atoms with E-state index in [0.29, 0.717) is 16.3 Å². The van der Waals surface area contributed by atoms with Gasteiger partial charge in [0.15, 0.2) is 9.84 Å². The zero-order valence-electron chi connectivity index (χ0n) is 10.2. The van der Waals surface area contributed by atoms with Crippen LogP contribution in [0.1, 0.15) is 5.56 Å². The lowest BCUT2D eigenvalue weighted by Gasteiger charge is -2.05. The molecule has 0 saturated carbocycles.